The fourth-order valence-electron chi connectivity index (χ4n) is 2.84. The van der Waals surface area contributed by atoms with Crippen LogP contribution in [0.25, 0.3) is 0 Å². The molecule has 3 nitrogen and oxygen atoms in total. The molecule has 110 valence electrons. The normalized spacial score (nSPS) is 18.2. The van der Waals surface area contributed by atoms with Crippen LogP contribution < -0.4 is 5.32 Å². The molecule has 0 atom stereocenters. The quantitative estimate of drug-likeness (QED) is 0.848. The zero-order valence-electron chi connectivity index (χ0n) is 12.3. The van der Waals surface area contributed by atoms with Crippen LogP contribution >= 0.6 is 11.6 Å². The maximum Gasteiger partial charge on any atom is 0.169 e. The molecule has 0 bridgehead atoms. The van der Waals surface area contributed by atoms with Crippen LogP contribution in [0.3, 0.4) is 0 Å². The first-order chi connectivity index (χ1) is 9.53. The molecular weight excluding hydrogens is 272 g/mol. The first kappa shape index (κ1) is 15.5. The second-order valence-electron chi connectivity index (χ2n) is 5.92. The summed E-state index contributed by atoms with van der Waals surface area (Å²) >= 11 is 5.91. The third-order valence-corrected chi connectivity index (χ3v) is 4.44. The van der Waals surface area contributed by atoms with E-state index in [-0.39, 0.29) is 11.2 Å². The van der Waals surface area contributed by atoms with E-state index >= 15 is 0 Å². The van der Waals surface area contributed by atoms with Gasteiger partial charge in [-0.15, -0.1) is 0 Å². The van der Waals surface area contributed by atoms with Crippen molar-refractivity contribution in [1.82, 2.24) is 10.2 Å². The molecule has 1 aromatic carbocycles. The van der Waals surface area contributed by atoms with Crippen LogP contribution in [0.15, 0.2) is 24.3 Å². The van der Waals surface area contributed by atoms with Gasteiger partial charge in [0.05, 0.1) is 0 Å². The van der Waals surface area contributed by atoms with E-state index in [4.69, 9.17) is 11.6 Å². The van der Waals surface area contributed by atoms with Crippen molar-refractivity contribution in [3.63, 3.8) is 0 Å². The van der Waals surface area contributed by atoms with Gasteiger partial charge in [-0.1, -0.05) is 11.6 Å². The fourth-order valence-corrected chi connectivity index (χ4v) is 2.97. The number of nitrogens with one attached hydrogen (secondary N) is 1. The standard InChI is InChI=1S/C16H23ClN2O/c1-19(2)12-9-16(7-10-18-11-8-16)15(20)13-3-5-14(17)6-4-13/h3-6,18H,7-12H2,1-2H3. The molecule has 1 saturated heterocycles. The van der Waals surface area contributed by atoms with Crippen LogP contribution in [-0.4, -0.2) is 44.4 Å². The second-order valence-corrected chi connectivity index (χ2v) is 6.36. The van der Waals surface area contributed by atoms with Crippen molar-refractivity contribution >= 4 is 17.4 Å². The number of carbonyl (C=O) groups is 1. The van der Waals surface area contributed by atoms with Gasteiger partial charge in [0.15, 0.2) is 5.78 Å². The van der Waals surface area contributed by atoms with Crippen LogP contribution in [-0.2, 0) is 0 Å². The minimum absolute atomic E-state index is 0.219. The molecule has 0 saturated carbocycles. The smallest absolute Gasteiger partial charge is 0.169 e. The van der Waals surface area contributed by atoms with E-state index in [2.05, 4.69) is 24.3 Å². The maximum atomic E-state index is 13.0. The topological polar surface area (TPSA) is 32.3 Å². The highest BCUT2D eigenvalue weighted by molar-refractivity contribution is 6.30. The van der Waals surface area contributed by atoms with Crippen LogP contribution in [0, 0.1) is 5.41 Å². The molecule has 2 rings (SSSR count). The molecule has 1 aliphatic heterocycles. The monoisotopic (exact) mass is 294 g/mol. The Bertz CT molecular complexity index is 450. The molecule has 0 radical (unpaired) electrons. The zero-order chi connectivity index (χ0) is 14.6. The van der Waals surface area contributed by atoms with Crippen molar-refractivity contribution in [2.24, 2.45) is 5.41 Å². The number of nitrogens with zero attached hydrogens (tertiary/aromatic N) is 1. The third kappa shape index (κ3) is 3.60. The van der Waals surface area contributed by atoms with E-state index in [9.17, 15) is 4.79 Å². The minimum Gasteiger partial charge on any atom is -0.317 e. The Kier molecular flexibility index (Phi) is 5.19. The third-order valence-electron chi connectivity index (χ3n) is 4.19. The molecule has 0 aromatic heterocycles. The number of rotatable bonds is 5. The second kappa shape index (κ2) is 6.70. The Balaban J connectivity index is 2.21. The highest BCUT2D eigenvalue weighted by Gasteiger charge is 2.39. The summed E-state index contributed by atoms with van der Waals surface area (Å²) in [5, 5.41) is 4.03. The van der Waals surface area contributed by atoms with E-state index < -0.39 is 0 Å². The number of hydrogen-bond donors (Lipinski definition) is 1. The van der Waals surface area contributed by atoms with Gasteiger partial charge >= 0.3 is 0 Å². The summed E-state index contributed by atoms with van der Waals surface area (Å²) in [7, 11) is 4.11. The zero-order valence-corrected chi connectivity index (χ0v) is 13.0. The van der Waals surface area contributed by atoms with Crippen molar-refractivity contribution in [3.05, 3.63) is 34.9 Å². The Morgan fingerprint density at radius 2 is 1.85 bits per heavy atom. The Morgan fingerprint density at radius 1 is 1.25 bits per heavy atom. The van der Waals surface area contributed by atoms with Gasteiger partial charge in [0.2, 0.25) is 0 Å². The van der Waals surface area contributed by atoms with Crippen molar-refractivity contribution < 1.29 is 4.79 Å². The van der Waals surface area contributed by atoms with Crippen molar-refractivity contribution in [1.29, 1.82) is 0 Å². The lowest BCUT2D eigenvalue weighted by atomic mass is 9.71. The summed E-state index contributed by atoms with van der Waals surface area (Å²) in [5.41, 5.74) is 0.568. The SMILES string of the molecule is CN(C)CCC1(C(=O)c2ccc(Cl)cc2)CCNCC1. The summed E-state index contributed by atoms with van der Waals surface area (Å²) in [6, 6.07) is 7.30. The average molecular weight is 295 g/mol. The first-order valence-electron chi connectivity index (χ1n) is 7.19. The summed E-state index contributed by atoms with van der Waals surface area (Å²) in [6.45, 7) is 2.79. The van der Waals surface area contributed by atoms with E-state index in [0.717, 1.165) is 44.5 Å². The number of halogens is 1. The molecule has 1 aliphatic rings. The number of carbonyl (C=O) groups excluding carboxylic acids is 1. The van der Waals surface area contributed by atoms with Crippen molar-refractivity contribution in [2.45, 2.75) is 19.3 Å². The van der Waals surface area contributed by atoms with E-state index in [0.29, 0.717) is 5.02 Å². The van der Waals surface area contributed by atoms with Crippen LogP contribution in [0.1, 0.15) is 29.6 Å². The van der Waals surface area contributed by atoms with E-state index in [1.54, 1.807) is 12.1 Å². The van der Waals surface area contributed by atoms with Gasteiger partial charge in [-0.2, -0.15) is 0 Å². The van der Waals surface area contributed by atoms with Gasteiger partial charge in [0, 0.05) is 16.0 Å². The Labute approximate surface area is 126 Å². The summed E-state index contributed by atoms with van der Waals surface area (Å²) in [6.07, 6.45) is 2.76. The summed E-state index contributed by atoms with van der Waals surface area (Å²) in [5.74, 6) is 0.275. The van der Waals surface area contributed by atoms with Crippen molar-refractivity contribution in [3.8, 4) is 0 Å². The minimum atomic E-state index is -0.219. The first-order valence-corrected chi connectivity index (χ1v) is 7.57. The molecule has 1 N–H and O–H groups in total. The fraction of sp³-hybridized carbons (Fsp3) is 0.562. The predicted octanol–water partition coefficient (Wildman–Crippen LogP) is 2.84. The number of hydrogen-bond acceptors (Lipinski definition) is 3. The maximum absolute atomic E-state index is 13.0. The lowest BCUT2D eigenvalue weighted by Gasteiger charge is -2.37. The van der Waals surface area contributed by atoms with E-state index in [1.165, 1.54) is 0 Å². The Morgan fingerprint density at radius 3 is 2.40 bits per heavy atom. The van der Waals surface area contributed by atoms with Gasteiger partial charge < -0.3 is 10.2 Å². The van der Waals surface area contributed by atoms with Gasteiger partial charge in [-0.25, -0.2) is 0 Å². The summed E-state index contributed by atoms with van der Waals surface area (Å²) < 4.78 is 0. The average Bonchev–Trinajstić information content (AvgIpc) is 2.46. The van der Waals surface area contributed by atoms with Crippen LogP contribution in [0.2, 0.25) is 5.02 Å². The van der Waals surface area contributed by atoms with Crippen molar-refractivity contribution in [2.75, 3.05) is 33.7 Å². The molecule has 4 heteroatoms. The molecule has 1 heterocycles. The molecule has 0 aliphatic carbocycles. The number of piperidine rings is 1. The molecule has 20 heavy (non-hydrogen) atoms. The van der Waals surface area contributed by atoms with Gasteiger partial charge in [0.25, 0.3) is 0 Å². The largest absolute Gasteiger partial charge is 0.317 e. The lowest BCUT2D eigenvalue weighted by Crippen LogP contribution is -2.43. The molecular formula is C16H23ClN2O. The predicted molar refractivity (Wildman–Crippen MR) is 83.5 cm³/mol. The number of Topliss-reactive ketones (excluding diaryl/α,β-unsaturated/α-hetero) is 1. The molecule has 0 spiro atoms. The van der Waals surface area contributed by atoms with Gasteiger partial charge in [0.1, 0.15) is 0 Å². The van der Waals surface area contributed by atoms with Gasteiger partial charge in [-0.05, 0) is 77.3 Å². The lowest BCUT2D eigenvalue weighted by molar-refractivity contribution is 0.0688. The molecule has 0 unspecified atom stereocenters. The van der Waals surface area contributed by atoms with Gasteiger partial charge in [-0.3, -0.25) is 4.79 Å². The summed E-state index contributed by atoms with van der Waals surface area (Å²) in [4.78, 5) is 15.1. The molecule has 1 fully saturated rings. The highest BCUT2D eigenvalue weighted by Crippen LogP contribution is 2.36. The number of benzene rings is 1. The molecule has 1 aromatic rings. The van der Waals surface area contributed by atoms with E-state index in [1.807, 2.05) is 12.1 Å². The van der Waals surface area contributed by atoms with Crippen LogP contribution in [0.4, 0.5) is 0 Å². The Hall–Kier alpha value is -0.900. The highest BCUT2D eigenvalue weighted by atomic mass is 35.5. The number of ketones is 1. The van der Waals surface area contributed by atoms with Crippen LogP contribution in [0.5, 0.6) is 0 Å². The molecule has 0 amide bonds.